The van der Waals surface area contributed by atoms with Gasteiger partial charge in [-0.25, -0.2) is 0 Å². The molecule has 1 aliphatic heterocycles. The molecule has 0 fully saturated rings. The van der Waals surface area contributed by atoms with Gasteiger partial charge in [0.2, 0.25) is 0 Å². The van der Waals surface area contributed by atoms with E-state index in [4.69, 9.17) is 4.42 Å². The van der Waals surface area contributed by atoms with Gasteiger partial charge in [0.25, 0.3) is 0 Å². The van der Waals surface area contributed by atoms with Gasteiger partial charge in [-0.05, 0) is 31.9 Å². The Bertz CT molecular complexity index is 711. The van der Waals surface area contributed by atoms with Gasteiger partial charge in [-0.3, -0.25) is 4.99 Å². The Morgan fingerprint density at radius 2 is 2.20 bits per heavy atom. The topological polar surface area (TPSA) is 100 Å². The fraction of sp³-hybridized carbons (Fsp3) is 0.562. The van der Waals surface area contributed by atoms with E-state index in [0.717, 1.165) is 30.4 Å². The molecule has 2 aromatic rings. The first-order chi connectivity index (χ1) is 11.7. The van der Waals surface area contributed by atoms with Crippen molar-refractivity contribution in [2.45, 2.75) is 45.4 Å². The molecule has 0 aromatic carbocycles. The highest BCUT2D eigenvalue weighted by molar-refractivity contribution is 14.0. The summed E-state index contributed by atoms with van der Waals surface area (Å²) in [6.07, 6.45) is 2.62. The second-order valence-corrected chi connectivity index (χ2v) is 5.91. The molecule has 3 N–H and O–H groups in total. The molecule has 3 heterocycles. The van der Waals surface area contributed by atoms with Crippen LogP contribution >= 0.6 is 24.0 Å². The first-order valence-corrected chi connectivity index (χ1v) is 8.27. The summed E-state index contributed by atoms with van der Waals surface area (Å²) in [6.45, 7) is 3.68. The monoisotopic (exact) mass is 460 g/mol. The van der Waals surface area contributed by atoms with Gasteiger partial charge in [-0.1, -0.05) is 0 Å². The molecule has 3 rings (SSSR count). The van der Waals surface area contributed by atoms with Gasteiger partial charge in [-0.15, -0.1) is 34.2 Å². The number of halogens is 1. The molecule has 0 saturated carbocycles. The molecule has 0 aliphatic carbocycles. The van der Waals surface area contributed by atoms with Crippen molar-refractivity contribution in [1.82, 2.24) is 25.4 Å². The Morgan fingerprint density at radius 3 is 2.92 bits per heavy atom. The summed E-state index contributed by atoms with van der Waals surface area (Å²) >= 11 is 0. The van der Waals surface area contributed by atoms with Gasteiger partial charge < -0.3 is 24.7 Å². The number of rotatable bonds is 5. The van der Waals surface area contributed by atoms with Gasteiger partial charge in [0, 0.05) is 20.0 Å². The minimum atomic E-state index is -0.724. The van der Waals surface area contributed by atoms with E-state index in [1.807, 2.05) is 13.0 Å². The summed E-state index contributed by atoms with van der Waals surface area (Å²) in [5, 5.41) is 24.9. The lowest BCUT2D eigenvalue weighted by molar-refractivity contribution is 0.151. The lowest BCUT2D eigenvalue weighted by Gasteiger charge is -2.16. The Hall–Kier alpha value is -1.62. The van der Waals surface area contributed by atoms with Crippen LogP contribution in [0.3, 0.4) is 0 Å². The van der Waals surface area contributed by atoms with Crippen molar-refractivity contribution < 1.29 is 9.52 Å². The van der Waals surface area contributed by atoms with Crippen LogP contribution in [0.2, 0.25) is 0 Å². The highest BCUT2D eigenvalue weighted by Gasteiger charge is 2.16. The van der Waals surface area contributed by atoms with Crippen molar-refractivity contribution in [3.63, 3.8) is 0 Å². The molecule has 0 radical (unpaired) electrons. The third-order valence-corrected chi connectivity index (χ3v) is 4.13. The molecule has 1 aliphatic rings. The summed E-state index contributed by atoms with van der Waals surface area (Å²) in [7, 11) is 1.69. The van der Waals surface area contributed by atoms with Crippen LogP contribution in [0, 0.1) is 6.92 Å². The number of hydrogen-bond acceptors (Lipinski definition) is 5. The number of guanidine groups is 1. The van der Waals surface area contributed by atoms with Crippen molar-refractivity contribution >= 4 is 29.9 Å². The molecule has 8 nitrogen and oxygen atoms in total. The molecule has 138 valence electrons. The standard InChI is InChI=1S/C16H24N6O2.HI/c1-11-6-7-13(24-11)12(23)9-18-16(17-2)19-10-15-21-20-14-5-3-4-8-22(14)15;/h6-7,12,23H,3-5,8-10H2,1-2H3,(H2,17,18,19);1H. The number of furan rings is 1. The maximum absolute atomic E-state index is 10.1. The number of aryl methyl sites for hydroxylation is 2. The number of aliphatic hydroxyl groups is 1. The van der Waals surface area contributed by atoms with Crippen LogP contribution in [0.4, 0.5) is 0 Å². The molecule has 1 unspecified atom stereocenters. The predicted molar refractivity (Wildman–Crippen MR) is 105 cm³/mol. The first-order valence-electron chi connectivity index (χ1n) is 8.27. The van der Waals surface area contributed by atoms with Crippen LogP contribution in [0.25, 0.3) is 0 Å². The van der Waals surface area contributed by atoms with E-state index in [2.05, 4.69) is 30.4 Å². The fourth-order valence-electron chi connectivity index (χ4n) is 2.81. The predicted octanol–water partition coefficient (Wildman–Crippen LogP) is 1.53. The number of hydrogen-bond donors (Lipinski definition) is 3. The molecule has 0 spiro atoms. The van der Waals surface area contributed by atoms with E-state index in [0.29, 0.717) is 24.8 Å². The van der Waals surface area contributed by atoms with Crippen LogP contribution in [-0.2, 0) is 19.5 Å². The van der Waals surface area contributed by atoms with Crippen molar-refractivity contribution in [3.05, 3.63) is 35.3 Å². The van der Waals surface area contributed by atoms with Crippen LogP contribution in [0.15, 0.2) is 21.5 Å². The van der Waals surface area contributed by atoms with Crippen LogP contribution < -0.4 is 10.6 Å². The van der Waals surface area contributed by atoms with E-state index < -0.39 is 6.10 Å². The lowest BCUT2D eigenvalue weighted by Crippen LogP contribution is -2.39. The van der Waals surface area contributed by atoms with Gasteiger partial charge in [0.15, 0.2) is 11.8 Å². The second-order valence-electron chi connectivity index (χ2n) is 5.91. The molecule has 2 aromatic heterocycles. The van der Waals surface area contributed by atoms with E-state index in [1.54, 1.807) is 13.1 Å². The summed E-state index contributed by atoms with van der Waals surface area (Å²) in [4.78, 5) is 4.17. The quantitative estimate of drug-likeness (QED) is 0.356. The minimum absolute atomic E-state index is 0. The maximum atomic E-state index is 10.1. The SMILES string of the molecule is CN=C(NCc1nnc2n1CCCC2)NCC(O)c1ccc(C)o1.I. The van der Waals surface area contributed by atoms with E-state index >= 15 is 0 Å². The van der Waals surface area contributed by atoms with Crippen molar-refractivity contribution in [2.75, 3.05) is 13.6 Å². The largest absolute Gasteiger partial charge is 0.464 e. The van der Waals surface area contributed by atoms with Crippen molar-refractivity contribution in [2.24, 2.45) is 4.99 Å². The number of fused-ring (bicyclic) bond motifs is 1. The van der Waals surface area contributed by atoms with E-state index in [9.17, 15) is 5.11 Å². The zero-order valence-corrected chi connectivity index (χ0v) is 16.9. The lowest BCUT2D eigenvalue weighted by atomic mass is 10.2. The van der Waals surface area contributed by atoms with Crippen molar-refractivity contribution in [1.29, 1.82) is 0 Å². The average Bonchev–Trinajstić information content (AvgIpc) is 3.21. The van der Waals surface area contributed by atoms with Gasteiger partial charge in [-0.2, -0.15) is 0 Å². The molecular formula is C16H25IN6O2. The molecule has 0 amide bonds. The highest BCUT2D eigenvalue weighted by Crippen LogP contribution is 2.15. The second kappa shape index (κ2) is 9.18. The molecular weight excluding hydrogens is 435 g/mol. The first kappa shape index (κ1) is 19.7. The summed E-state index contributed by atoms with van der Waals surface area (Å²) in [6, 6.07) is 3.61. The molecule has 9 heteroatoms. The number of aromatic nitrogens is 3. The van der Waals surface area contributed by atoms with Crippen LogP contribution in [-0.4, -0.2) is 39.4 Å². The van der Waals surface area contributed by atoms with Crippen LogP contribution in [0.5, 0.6) is 0 Å². The third-order valence-electron chi connectivity index (χ3n) is 4.13. The third kappa shape index (κ3) is 4.94. The van der Waals surface area contributed by atoms with Gasteiger partial charge in [0.1, 0.15) is 23.4 Å². The maximum Gasteiger partial charge on any atom is 0.191 e. The summed E-state index contributed by atoms with van der Waals surface area (Å²) in [5.74, 6) is 3.90. The Morgan fingerprint density at radius 1 is 1.36 bits per heavy atom. The Labute approximate surface area is 164 Å². The molecule has 25 heavy (non-hydrogen) atoms. The normalized spacial score (nSPS) is 15.2. The Kier molecular flexibility index (Phi) is 7.24. The van der Waals surface area contributed by atoms with E-state index in [1.165, 1.54) is 12.8 Å². The van der Waals surface area contributed by atoms with E-state index in [-0.39, 0.29) is 24.0 Å². The van der Waals surface area contributed by atoms with Gasteiger partial charge in [0.05, 0.1) is 13.1 Å². The molecule has 1 atom stereocenters. The zero-order chi connectivity index (χ0) is 16.9. The number of nitrogens with zero attached hydrogens (tertiary/aromatic N) is 4. The van der Waals surface area contributed by atoms with Gasteiger partial charge >= 0.3 is 0 Å². The van der Waals surface area contributed by atoms with Crippen LogP contribution in [0.1, 0.15) is 42.1 Å². The average molecular weight is 460 g/mol. The summed E-state index contributed by atoms with van der Waals surface area (Å²) < 4.78 is 7.59. The smallest absolute Gasteiger partial charge is 0.191 e. The number of aliphatic imine (C=N–C) groups is 1. The fourth-order valence-corrected chi connectivity index (χ4v) is 2.81. The number of nitrogens with one attached hydrogen (secondary N) is 2. The molecule has 0 bridgehead atoms. The zero-order valence-electron chi connectivity index (χ0n) is 14.5. The number of aliphatic hydroxyl groups excluding tert-OH is 1. The highest BCUT2D eigenvalue weighted by atomic mass is 127. The minimum Gasteiger partial charge on any atom is -0.464 e. The Balaban J connectivity index is 0.00000225. The molecule has 0 saturated heterocycles. The summed E-state index contributed by atoms with van der Waals surface area (Å²) in [5.41, 5.74) is 0. The van der Waals surface area contributed by atoms with Crippen molar-refractivity contribution in [3.8, 4) is 0 Å².